The van der Waals surface area contributed by atoms with Crippen LogP contribution in [-0.4, -0.2) is 95.0 Å². The molecule has 0 unspecified atom stereocenters. The van der Waals surface area contributed by atoms with Gasteiger partial charge in [-0.15, -0.1) is 0 Å². The summed E-state index contributed by atoms with van der Waals surface area (Å²) in [5.74, 6) is -1.36. The molecule has 3 atom stereocenters. The van der Waals surface area contributed by atoms with Crippen LogP contribution in [0.25, 0.3) is 0 Å². The van der Waals surface area contributed by atoms with Gasteiger partial charge in [0.15, 0.2) is 0 Å². The SMILES string of the molecule is O=C(C[O-])[C@@H]([O-])[C@H](O)[C@H](O)COP(=O)(O)O.[Ca+2]. The summed E-state index contributed by atoms with van der Waals surface area (Å²) in [6.07, 6.45) is -6.49. The van der Waals surface area contributed by atoms with Gasteiger partial charge in [-0.05, 0) is 6.10 Å². The first-order chi connectivity index (χ1) is 7.19. The molecule has 0 saturated heterocycles. The predicted molar refractivity (Wildman–Crippen MR) is 49.4 cm³/mol. The van der Waals surface area contributed by atoms with Crippen molar-refractivity contribution in [2.45, 2.75) is 18.3 Å². The van der Waals surface area contributed by atoms with Crippen molar-refractivity contribution in [2.75, 3.05) is 13.2 Å². The van der Waals surface area contributed by atoms with Gasteiger partial charge in [0.2, 0.25) is 0 Å². The van der Waals surface area contributed by atoms with E-state index in [9.17, 15) is 19.6 Å². The molecule has 0 fully saturated rings. The second-order valence-corrected chi connectivity index (χ2v) is 4.11. The number of hydrogen-bond acceptors (Lipinski definition) is 7. The number of aliphatic hydroxyl groups excluding tert-OH is 2. The number of rotatable bonds is 7. The maximum atomic E-state index is 10.9. The number of carbonyl (C=O) groups is 1. The Bertz CT molecular complexity index is 279. The average molecular weight is 298 g/mol. The molecule has 0 rings (SSSR count). The van der Waals surface area contributed by atoms with Gasteiger partial charge in [-0.3, -0.25) is 4.52 Å². The van der Waals surface area contributed by atoms with E-state index < -0.39 is 45.1 Å². The minimum atomic E-state index is -4.84. The van der Waals surface area contributed by atoms with Gasteiger partial charge >= 0.3 is 45.6 Å². The van der Waals surface area contributed by atoms with Gasteiger partial charge in [0.05, 0.1) is 12.7 Å². The first-order valence-corrected chi connectivity index (χ1v) is 5.55. The molecule has 17 heavy (non-hydrogen) atoms. The fraction of sp³-hybridized carbons (Fsp3) is 0.833. The van der Waals surface area contributed by atoms with Gasteiger partial charge in [0.1, 0.15) is 11.9 Å². The summed E-state index contributed by atoms with van der Waals surface area (Å²) in [6.45, 7) is -2.38. The first kappa shape index (κ1) is 20.2. The molecule has 4 N–H and O–H groups in total. The smallest absolute Gasteiger partial charge is 0.849 e. The molecule has 11 heteroatoms. The zero-order valence-corrected chi connectivity index (χ0v) is 11.7. The fourth-order valence-electron chi connectivity index (χ4n) is 0.746. The van der Waals surface area contributed by atoms with Crippen molar-refractivity contribution >= 4 is 51.3 Å². The van der Waals surface area contributed by atoms with E-state index in [1.54, 1.807) is 0 Å². The molecule has 0 spiro atoms. The van der Waals surface area contributed by atoms with Gasteiger partial charge in [-0.25, -0.2) is 4.57 Å². The Morgan fingerprint density at radius 3 is 2.18 bits per heavy atom. The molecule has 0 aromatic heterocycles. The minimum absolute atomic E-state index is 0. The molecule has 0 bridgehead atoms. The van der Waals surface area contributed by atoms with Crippen molar-refractivity contribution < 1.29 is 44.1 Å². The standard InChI is InChI=1S/C6H11O9P.Ca/c7-1-3(8)5(10)6(11)4(9)2-15-16(12,13)14;/h4-6,9,11H,1-2H2,(H2,12,13,14);/q-2;+2/t4-,5-,6-;/m1./s1. The summed E-state index contributed by atoms with van der Waals surface area (Å²) >= 11 is 0. The number of aliphatic hydroxyl groups is 2. The van der Waals surface area contributed by atoms with Crippen LogP contribution in [0.4, 0.5) is 0 Å². The number of ketones is 1. The molecule has 9 nitrogen and oxygen atoms in total. The number of hydrogen-bond donors (Lipinski definition) is 4. The molecule has 0 aliphatic rings. The van der Waals surface area contributed by atoms with Crippen LogP contribution in [0.1, 0.15) is 0 Å². The Kier molecular flexibility index (Phi) is 10.6. The van der Waals surface area contributed by atoms with Gasteiger partial charge < -0.3 is 35.0 Å². The van der Waals surface area contributed by atoms with Gasteiger partial charge in [0.25, 0.3) is 0 Å². The molecule has 0 aliphatic carbocycles. The largest absolute Gasteiger partial charge is 2.00 e. The molecular weight excluding hydrogens is 287 g/mol. The first-order valence-electron chi connectivity index (χ1n) is 4.02. The summed E-state index contributed by atoms with van der Waals surface area (Å²) in [5.41, 5.74) is 0. The Hall–Kier alpha value is 0.880. The number of phosphoric ester groups is 1. The molecule has 0 aromatic carbocycles. The molecule has 0 aliphatic heterocycles. The summed E-state index contributed by atoms with van der Waals surface area (Å²) < 4.78 is 14.0. The van der Waals surface area contributed by atoms with E-state index in [1.165, 1.54) is 0 Å². The van der Waals surface area contributed by atoms with Crippen LogP contribution >= 0.6 is 7.82 Å². The van der Waals surface area contributed by atoms with E-state index in [1.807, 2.05) is 0 Å². The monoisotopic (exact) mass is 298 g/mol. The van der Waals surface area contributed by atoms with E-state index in [2.05, 4.69) is 4.52 Å². The second kappa shape index (κ2) is 8.89. The Balaban J connectivity index is 0. The van der Waals surface area contributed by atoms with Crippen LogP contribution in [0.5, 0.6) is 0 Å². The topological polar surface area (TPSA) is 170 Å². The predicted octanol–water partition coefficient (Wildman–Crippen LogP) is -4.90. The molecule has 0 saturated carbocycles. The summed E-state index contributed by atoms with van der Waals surface area (Å²) in [7, 11) is -4.84. The van der Waals surface area contributed by atoms with Crippen LogP contribution in [-0.2, 0) is 13.9 Å². The van der Waals surface area contributed by atoms with Crippen LogP contribution in [0.3, 0.4) is 0 Å². The Morgan fingerprint density at radius 1 is 1.35 bits per heavy atom. The van der Waals surface area contributed by atoms with E-state index in [0.717, 1.165) is 0 Å². The second-order valence-electron chi connectivity index (χ2n) is 2.88. The van der Waals surface area contributed by atoms with Crippen LogP contribution in [0.15, 0.2) is 0 Å². The van der Waals surface area contributed by atoms with E-state index in [0.29, 0.717) is 0 Å². The zero-order valence-electron chi connectivity index (χ0n) is 8.63. The van der Waals surface area contributed by atoms with Crippen molar-refractivity contribution in [3.8, 4) is 0 Å². The Labute approximate surface area is 126 Å². The van der Waals surface area contributed by atoms with E-state index in [4.69, 9.17) is 20.0 Å². The average Bonchev–Trinajstić information content (AvgIpc) is 2.21. The normalized spacial score (nSPS) is 16.8. The van der Waals surface area contributed by atoms with Crippen molar-refractivity contribution in [1.29, 1.82) is 0 Å². The molecule has 0 amide bonds. The number of phosphoric acid groups is 1. The quantitative estimate of drug-likeness (QED) is 0.265. The molecular formula is C6H11CaO9P. The van der Waals surface area contributed by atoms with Gasteiger partial charge in [0, 0.05) is 0 Å². The van der Waals surface area contributed by atoms with Crippen LogP contribution < -0.4 is 10.2 Å². The molecule has 96 valence electrons. The summed E-state index contributed by atoms with van der Waals surface area (Å²) in [5, 5.41) is 39.0. The Morgan fingerprint density at radius 2 is 1.82 bits per heavy atom. The summed E-state index contributed by atoms with van der Waals surface area (Å²) in [6, 6.07) is 0. The molecule has 0 heterocycles. The summed E-state index contributed by atoms with van der Waals surface area (Å²) in [4.78, 5) is 27.1. The maximum absolute atomic E-state index is 10.9. The van der Waals surface area contributed by atoms with Crippen molar-refractivity contribution in [1.82, 2.24) is 0 Å². The maximum Gasteiger partial charge on any atom is 2.00 e. The van der Waals surface area contributed by atoms with Crippen LogP contribution in [0, 0.1) is 0 Å². The minimum Gasteiger partial charge on any atom is -0.849 e. The van der Waals surface area contributed by atoms with E-state index in [-0.39, 0.29) is 37.7 Å². The third kappa shape index (κ3) is 8.57. The zero-order chi connectivity index (χ0) is 12.9. The van der Waals surface area contributed by atoms with E-state index >= 15 is 0 Å². The fourth-order valence-corrected chi connectivity index (χ4v) is 1.09. The van der Waals surface area contributed by atoms with Crippen molar-refractivity contribution in [3.05, 3.63) is 0 Å². The van der Waals surface area contributed by atoms with Gasteiger partial charge in [-0.2, -0.15) is 0 Å². The van der Waals surface area contributed by atoms with Crippen LogP contribution in [0.2, 0.25) is 0 Å². The third-order valence-electron chi connectivity index (χ3n) is 1.58. The number of carbonyl (C=O) groups excluding carboxylic acids is 1. The van der Waals surface area contributed by atoms with Crippen molar-refractivity contribution in [3.63, 3.8) is 0 Å². The third-order valence-corrected chi connectivity index (χ3v) is 2.06. The van der Waals surface area contributed by atoms with Crippen molar-refractivity contribution in [2.24, 2.45) is 0 Å². The van der Waals surface area contributed by atoms with Gasteiger partial charge in [-0.1, -0.05) is 6.61 Å². The number of Topliss-reactive ketones (excluding diaryl/α,β-unsaturated/α-hetero) is 1. The molecule has 0 radical (unpaired) electrons. The molecule has 0 aromatic rings.